The summed E-state index contributed by atoms with van der Waals surface area (Å²) in [5.41, 5.74) is 4.48. The van der Waals surface area contributed by atoms with E-state index < -0.39 is 5.91 Å². The van der Waals surface area contributed by atoms with Gasteiger partial charge in [-0.15, -0.1) is 16.4 Å². The molecule has 0 saturated carbocycles. The first kappa shape index (κ1) is 14.5. The number of benzene rings is 1. The number of hydrogen-bond acceptors (Lipinski definition) is 6. The minimum Gasteiger partial charge on any atom is -0.288 e. The molecule has 24 heavy (non-hydrogen) atoms. The van der Waals surface area contributed by atoms with Gasteiger partial charge in [0.2, 0.25) is 10.9 Å². The lowest BCUT2D eigenvalue weighted by molar-refractivity contribution is -0.121. The van der Waals surface area contributed by atoms with E-state index >= 15 is 0 Å². The Kier molecular flexibility index (Phi) is 3.54. The number of rotatable bonds is 3. The minimum absolute atomic E-state index is 0.195. The quantitative estimate of drug-likeness (QED) is 0.757. The van der Waals surface area contributed by atoms with Crippen molar-refractivity contribution in [3.63, 3.8) is 0 Å². The normalized spacial score (nSPS) is 14.3. The Labute approximate surface area is 140 Å². The lowest BCUT2D eigenvalue weighted by atomic mass is 10.2. The zero-order chi connectivity index (χ0) is 16.5. The van der Waals surface area contributed by atoms with Crippen molar-refractivity contribution < 1.29 is 9.59 Å². The summed E-state index contributed by atoms with van der Waals surface area (Å²) in [7, 11) is 0. The molecule has 2 amide bonds. The molecule has 8 nitrogen and oxygen atoms in total. The molecule has 3 heterocycles. The first-order valence-corrected chi connectivity index (χ1v) is 8.15. The van der Waals surface area contributed by atoms with Crippen molar-refractivity contribution in [2.24, 2.45) is 5.10 Å². The first-order valence-electron chi connectivity index (χ1n) is 7.27. The summed E-state index contributed by atoms with van der Waals surface area (Å²) in [5.74, 6) is -0.391. The molecule has 0 bridgehead atoms. The molecule has 1 aliphatic heterocycles. The first-order chi connectivity index (χ1) is 11.7. The zero-order valence-corrected chi connectivity index (χ0v) is 13.2. The number of nitrogens with one attached hydrogen (secondary N) is 2. The van der Waals surface area contributed by atoms with E-state index in [1.165, 1.54) is 11.3 Å². The molecule has 1 aromatic carbocycles. The molecule has 0 radical (unpaired) electrons. The molecule has 0 atom stereocenters. The van der Waals surface area contributed by atoms with Crippen LogP contribution in [-0.4, -0.2) is 32.1 Å². The summed E-state index contributed by atoms with van der Waals surface area (Å²) in [6, 6.07) is 9.83. The summed E-state index contributed by atoms with van der Waals surface area (Å²) in [4.78, 5) is 28.2. The van der Waals surface area contributed by atoms with E-state index in [1.807, 2.05) is 35.7 Å². The number of fused-ring (bicyclic) bond motifs is 1. The molecule has 0 unspecified atom stereocenters. The van der Waals surface area contributed by atoms with Crippen LogP contribution in [0.3, 0.4) is 0 Å². The molecule has 0 spiro atoms. The van der Waals surface area contributed by atoms with E-state index in [-0.39, 0.29) is 24.0 Å². The molecule has 3 aromatic rings. The van der Waals surface area contributed by atoms with Crippen LogP contribution in [-0.2, 0) is 9.59 Å². The van der Waals surface area contributed by atoms with Crippen molar-refractivity contribution in [1.82, 2.24) is 20.0 Å². The van der Waals surface area contributed by atoms with Gasteiger partial charge in [-0.25, -0.2) is 9.94 Å². The summed E-state index contributed by atoms with van der Waals surface area (Å²) in [6.45, 7) is 0. The number of anilines is 1. The fraction of sp³-hybridized carbons (Fsp3) is 0.133. The smallest absolute Gasteiger partial charge is 0.274 e. The lowest BCUT2D eigenvalue weighted by Crippen LogP contribution is -2.33. The largest absolute Gasteiger partial charge is 0.288 e. The molecule has 2 aromatic heterocycles. The van der Waals surface area contributed by atoms with Crippen LogP contribution in [0.1, 0.15) is 12.8 Å². The molecule has 1 aliphatic rings. The lowest BCUT2D eigenvalue weighted by Gasteiger charge is -2.10. The van der Waals surface area contributed by atoms with Gasteiger partial charge in [0.15, 0.2) is 0 Å². The number of thiazole rings is 1. The van der Waals surface area contributed by atoms with E-state index in [0.717, 1.165) is 11.3 Å². The van der Waals surface area contributed by atoms with E-state index in [0.29, 0.717) is 11.4 Å². The van der Waals surface area contributed by atoms with Crippen LogP contribution >= 0.6 is 11.3 Å². The topological polar surface area (TPSA) is 101 Å². The van der Waals surface area contributed by atoms with Crippen LogP contribution in [0.5, 0.6) is 0 Å². The van der Waals surface area contributed by atoms with Crippen LogP contribution in [0.15, 0.2) is 40.8 Å². The molecule has 120 valence electrons. The van der Waals surface area contributed by atoms with Crippen molar-refractivity contribution >= 4 is 39.8 Å². The maximum Gasteiger partial charge on any atom is 0.274 e. The van der Waals surface area contributed by atoms with Crippen molar-refractivity contribution in [3.8, 4) is 11.3 Å². The maximum atomic E-state index is 12.1. The highest BCUT2D eigenvalue weighted by molar-refractivity contribution is 7.15. The van der Waals surface area contributed by atoms with Gasteiger partial charge in [-0.3, -0.25) is 14.9 Å². The van der Waals surface area contributed by atoms with Crippen LogP contribution in [0.2, 0.25) is 0 Å². The third-order valence-corrected chi connectivity index (χ3v) is 4.36. The molecule has 0 saturated heterocycles. The van der Waals surface area contributed by atoms with E-state index in [1.54, 1.807) is 4.52 Å². The Morgan fingerprint density at radius 2 is 2.08 bits per heavy atom. The molecule has 9 heteroatoms. The minimum atomic E-state index is -0.408. The number of aromatic nitrogens is 3. The maximum absolute atomic E-state index is 12.1. The Bertz CT molecular complexity index is 959. The van der Waals surface area contributed by atoms with Gasteiger partial charge in [0.25, 0.3) is 11.9 Å². The highest BCUT2D eigenvalue weighted by Crippen LogP contribution is 2.25. The second-order valence-electron chi connectivity index (χ2n) is 5.16. The van der Waals surface area contributed by atoms with Crippen molar-refractivity contribution in [2.45, 2.75) is 12.8 Å². The summed E-state index contributed by atoms with van der Waals surface area (Å²) < 4.78 is 1.69. The van der Waals surface area contributed by atoms with Gasteiger partial charge in [0, 0.05) is 23.8 Å². The SMILES string of the molecule is O=C1CCC(C(=O)Nc2nc3scc(-c4ccccc4)n3n2)=NN1. The fourth-order valence-corrected chi connectivity index (χ4v) is 3.18. The third kappa shape index (κ3) is 2.65. The third-order valence-electron chi connectivity index (χ3n) is 3.54. The summed E-state index contributed by atoms with van der Waals surface area (Å²) in [6.07, 6.45) is 0.547. The molecule has 0 fully saturated rings. The van der Waals surface area contributed by atoms with Crippen LogP contribution in [0.4, 0.5) is 5.95 Å². The summed E-state index contributed by atoms with van der Waals surface area (Å²) in [5, 5.41) is 12.7. The van der Waals surface area contributed by atoms with Crippen LogP contribution < -0.4 is 10.7 Å². The number of hydrogen-bond donors (Lipinski definition) is 2. The highest BCUT2D eigenvalue weighted by Gasteiger charge is 2.20. The van der Waals surface area contributed by atoms with Crippen molar-refractivity contribution in [1.29, 1.82) is 0 Å². The van der Waals surface area contributed by atoms with Gasteiger partial charge in [-0.1, -0.05) is 30.3 Å². The number of nitrogens with zero attached hydrogens (tertiary/aromatic N) is 4. The fourth-order valence-electron chi connectivity index (χ4n) is 2.35. The number of carbonyl (C=O) groups excluding carboxylic acids is 2. The van der Waals surface area contributed by atoms with Gasteiger partial charge < -0.3 is 0 Å². The predicted molar refractivity (Wildman–Crippen MR) is 89.7 cm³/mol. The van der Waals surface area contributed by atoms with Gasteiger partial charge in [-0.2, -0.15) is 10.1 Å². The van der Waals surface area contributed by atoms with Gasteiger partial charge in [-0.05, 0) is 0 Å². The van der Waals surface area contributed by atoms with Crippen molar-refractivity contribution in [3.05, 3.63) is 35.7 Å². The van der Waals surface area contributed by atoms with Gasteiger partial charge in [0.1, 0.15) is 5.71 Å². The average molecular weight is 340 g/mol. The second-order valence-corrected chi connectivity index (χ2v) is 6.00. The van der Waals surface area contributed by atoms with E-state index in [2.05, 4.69) is 25.9 Å². The number of amides is 2. The number of hydrazone groups is 1. The second kappa shape index (κ2) is 5.85. The molecule has 0 aliphatic carbocycles. The van der Waals surface area contributed by atoms with E-state index in [9.17, 15) is 9.59 Å². The van der Waals surface area contributed by atoms with Crippen molar-refractivity contribution in [2.75, 3.05) is 5.32 Å². The Morgan fingerprint density at radius 3 is 2.83 bits per heavy atom. The Morgan fingerprint density at radius 1 is 1.25 bits per heavy atom. The standard InChI is InChI=1S/C15H12N6O2S/c22-12-7-6-10(18-19-12)13(23)16-14-17-15-21(20-14)11(8-24-15)9-4-2-1-3-5-9/h1-5,8H,6-7H2,(H,19,22)(H,16,20,23). The monoisotopic (exact) mass is 340 g/mol. The van der Waals surface area contributed by atoms with Crippen LogP contribution in [0.25, 0.3) is 16.2 Å². The van der Waals surface area contributed by atoms with E-state index in [4.69, 9.17) is 0 Å². The number of carbonyl (C=O) groups is 2. The highest BCUT2D eigenvalue weighted by atomic mass is 32.1. The average Bonchev–Trinajstić information content (AvgIpc) is 3.16. The van der Waals surface area contributed by atoms with Crippen LogP contribution in [0, 0.1) is 0 Å². The van der Waals surface area contributed by atoms with Gasteiger partial charge >= 0.3 is 0 Å². The predicted octanol–water partition coefficient (Wildman–Crippen LogP) is 1.66. The Hall–Kier alpha value is -3.07. The summed E-state index contributed by atoms with van der Waals surface area (Å²) >= 11 is 1.44. The zero-order valence-electron chi connectivity index (χ0n) is 12.4. The molecule has 2 N–H and O–H groups in total. The molecular weight excluding hydrogens is 328 g/mol. The Balaban J connectivity index is 1.59. The molecular formula is C15H12N6O2S. The van der Waals surface area contributed by atoms with Gasteiger partial charge in [0.05, 0.1) is 5.69 Å². The molecule has 4 rings (SSSR count).